The molecule has 0 saturated heterocycles. The van der Waals surface area contributed by atoms with Crippen molar-refractivity contribution in [2.45, 2.75) is 12.2 Å². The summed E-state index contributed by atoms with van der Waals surface area (Å²) in [6, 6.07) is 3.45. The molecule has 3 rings (SSSR count). The molecule has 0 fully saturated rings. The number of ether oxygens (including phenoxy) is 2. The zero-order valence-corrected chi connectivity index (χ0v) is 11.3. The molecule has 0 aliphatic carbocycles. The summed E-state index contributed by atoms with van der Waals surface area (Å²) >= 11 is 0.927. The number of primary amides is 1. The Morgan fingerprint density at radius 2 is 1.77 bits per heavy atom. The number of rotatable bonds is 2. The minimum atomic E-state index is -4.79. The second-order valence-electron chi connectivity index (χ2n) is 4.29. The number of benzene rings is 1. The highest BCUT2D eigenvalue weighted by molar-refractivity contribution is 7.16. The highest BCUT2D eigenvalue weighted by Crippen LogP contribution is 2.48. The van der Waals surface area contributed by atoms with Crippen molar-refractivity contribution in [2.24, 2.45) is 5.73 Å². The number of nitrogens with two attached hydrogens (primary N) is 1. The molecular formula is C12H6F4N2O3S. The maximum absolute atomic E-state index is 13.1. The molecule has 116 valence electrons. The Morgan fingerprint density at radius 3 is 2.36 bits per heavy atom. The number of thiazole rings is 1. The van der Waals surface area contributed by atoms with Crippen molar-refractivity contribution < 1.29 is 31.8 Å². The molecule has 0 radical (unpaired) electrons. The number of carbonyl (C=O) groups is 1. The van der Waals surface area contributed by atoms with Crippen molar-refractivity contribution in [3.05, 3.63) is 29.3 Å². The number of hydrogen-bond donors (Lipinski definition) is 1. The molecule has 0 bridgehead atoms. The molecule has 1 aliphatic heterocycles. The van der Waals surface area contributed by atoms with Gasteiger partial charge in [-0.25, -0.2) is 4.98 Å². The van der Waals surface area contributed by atoms with Crippen LogP contribution in [-0.4, -0.2) is 23.1 Å². The fourth-order valence-corrected chi connectivity index (χ4v) is 2.49. The third-order valence-corrected chi connectivity index (χ3v) is 3.82. The quantitative estimate of drug-likeness (QED) is 0.857. The van der Waals surface area contributed by atoms with Gasteiger partial charge in [0.15, 0.2) is 11.5 Å². The number of aromatic nitrogens is 1. The molecule has 0 spiro atoms. The van der Waals surface area contributed by atoms with Crippen molar-refractivity contribution >= 4 is 17.2 Å². The molecule has 1 amide bonds. The third-order valence-electron chi connectivity index (χ3n) is 2.75. The van der Waals surface area contributed by atoms with Gasteiger partial charge >= 0.3 is 12.2 Å². The lowest BCUT2D eigenvalue weighted by Gasteiger charge is -2.31. The summed E-state index contributed by atoms with van der Waals surface area (Å²) in [5.74, 6) is -1.76. The fraction of sp³-hybridized carbons (Fsp3) is 0.167. The van der Waals surface area contributed by atoms with Crippen LogP contribution in [0, 0.1) is 0 Å². The maximum atomic E-state index is 13.1. The van der Waals surface area contributed by atoms with E-state index in [9.17, 15) is 22.4 Å². The topological polar surface area (TPSA) is 74.4 Å². The standard InChI is InChI=1S/C12H6F4N2O3S/c13-11(14)12(15,16)21-7-3-5(1-2-6(7)20-11)10-18-4-8(22-10)9(17)19/h1-4H,(H2,17,19). The Morgan fingerprint density at radius 1 is 1.14 bits per heavy atom. The Balaban J connectivity index is 1.99. The molecule has 2 heterocycles. The van der Waals surface area contributed by atoms with Crippen molar-refractivity contribution in [1.29, 1.82) is 0 Å². The summed E-state index contributed by atoms with van der Waals surface area (Å²) in [5.41, 5.74) is 5.38. The van der Waals surface area contributed by atoms with E-state index in [1.165, 1.54) is 12.3 Å². The second kappa shape index (κ2) is 4.57. The van der Waals surface area contributed by atoms with Crippen LogP contribution in [0.1, 0.15) is 9.67 Å². The Bertz CT molecular complexity index is 763. The number of hydrogen-bond acceptors (Lipinski definition) is 5. The number of amides is 1. The van der Waals surface area contributed by atoms with Gasteiger partial charge in [0.1, 0.15) is 9.88 Å². The highest BCUT2D eigenvalue weighted by atomic mass is 32.1. The van der Waals surface area contributed by atoms with Crippen molar-refractivity contribution in [1.82, 2.24) is 4.98 Å². The number of carbonyl (C=O) groups excluding carboxylic acids is 1. The van der Waals surface area contributed by atoms with Crippen molar-refractivity contribution in [2.75, 3.05) is 0 Å². The zero-order valence-electron chi connectivity index (χ0n) is 10.5. The highest BCUT2D eigenvalue weighted by Gasteiger charge is 2.65. The summed E-state index contributed by atoms with van der Waals surface area (Å²) in [5, 5.41) is 0.292. The van der Waals surface area contributed by atoms with E-state index in [-0.39, 0.29) is 4.88 Å². The average molecular weight is 334 g/mol. The average Bonchev–Trinajstić information content (AvgIpc) is 2.88. The molecular weight excluding hydrogens is 328 g/mol. The summed E-state index contributed by atoms with van der Waals surface area (Å²) < 4.78 is 60.3. The molecule has 2 aromatic rings. The van der Waals surface area contributed by atoms with Gasteiger partial charge in [-0.1, -0.05) is 0 Å². The minimum Gasteiger partial charge on any atom is -0.421 e. The van der Waals surface area contributed by atoms with Gasteiger partial charge in [0.25, 0.3) is 5.91 Å². The molecule has 1 aliphatic rings. The fourth-order valence-electron chi connectivity index (χ4n) is 1.72. The van der Waals surface area contributed by atoms with E-state index in [0.717, 1.165) is 23.5 Å². The molecule has 22 heavy (non-hydrogen) atoms. The summed E-state index contributed by atoms with van der Waals surface area (Å²) in [6.07, 6.45) is -8.33. The maximum Gasteiger partial charge on any atom is 0.507 e. The van der Waals surface area contributed by atoms with Crippen LogP contribution in [0.15, 0.2) is 24.4 Å². The summed E-state index contributed by atoms with van der Waals surface area (Å²) in [6.45, 7) is 0. The molecule has 1 aromatic heterocycles. The van der Waals surface area contributed by atoms with E-state index in [2.05, 4.69) is 14.5 Å². The number of nitrogens with zero attached hydrogens (tertiary/aromatic N) is 1. The first-order valence-electron chi connectivity index (χ1n) is 5.73. The summed E-state index contributed by atoms with van der Waals surface area (Å²) in [4.78, 5) is 15.1. The first kappa shape index (κ1) is 14.6. The van der Waals surface area contributed by atoms with Crippen molar-refractivity contribution in [3.8, 4) is 22.1 Å². The zero-order chi connectivity index (χ0) is 16.1. The Labute approximate surface area is 124 Å². The van der Waals surface area contributed by atoms with Gasteiger partial charge in [-0.2, -0.15) is 17.6 Å². The van der Waals surface area contributed by atoms with Crippen LogP contribution >= 0.6 is 11.3 Å². The van der Waals surface area contributed by atoms with E-state index >= 15 is 0 Å². The lowest BCUT2D eigenvalue weighted by molar-refractivity contribution is -0.391. The third kappa shape index (κ3) is 2.25. The molecule has 0 saturated carbocycles. The van der Waals surface area contributed by atoms with Crippen LogP contribution in [0.2, 0.25) is 0 Å². The van der Waals surface area contributed by atoms with Crippen molar-refractivity contribution in [3.63, 3.8) is 0 Å². The van der Waals surface area contributed by atoms with Crippen LogP contribution < -0.4 is 15.2 Å². The molecule has 0 unspecified atom stereocenters. The van der Waals surface area contributed by atoms with E-state index in [1.807, 2.05) is 0 Å². The van der Waals surface area contributed by atoms with E-state index in [4.69, 9.17) is 5.73 Å². The smallest absolute Gasteiger partial charge is 0.421 e. The van der Waals surface area contributed by atoms with E-state index < -0.39 is 29.6 Å². The van der Waals surface area contributed by atoms with Crippen LogP contribution in [0.3, 0.4) is 0 Å². The normalized spacial score (nSPS) is 18.0. The molecule has 5 nitrogen and oxygen atoms in total. The molecule has 1 aromatic carbocycles. The summed E-state index contributed by atoms with van der Waals surface area (Å²) in [7, 11) is 0. The van der Waals surface area contributed by atoms with Gasteiger partial charge < -0.3 is 15.2 Å². The lowest BCUT2D eigenvalue weighted by atomic mass is 10.2. The monoisotopic (exact) mass is 334 g/mol. The SMILES string of the molecule is NC(=O)c1cnc(-c2ccc3c(c2)OC(F)(F)C(F)(F)O3)s1. The number of halogens is 4. The first-order valence-corrected chi connectivity index (χ1v) is 6.55. The Kier molecular flexibility index (Phi) is 3.02. The van der Waals surface area contributed by atoms with Crippen LogP contribution in [0.25, 0.3) is 10.6 Å². The predicted octanol–water partition coefficient (Wildman–Crippen LogP) is 2.87. The van der Waals surface area contributed by atoms with Crippen LogP contribution in [0.4, 0.5) is 17.6 Å². The molecule has 10 heteroatoms. The second-order valence-corrected chi connectivity index (χ2v) is 5.32. The van der Waals surface area contributed by atoms with Gasteiger partial charge in [-0.15, -0.1) is 11.3 Å². The largest absolute Gasteiger partial charge is 0.507 e. The number of alkyl halides is 4. The van der Waals surface area contributed by atoms with Gasteiger partial charge in [0.05, 0.1) is 6.20 Å². The Hall–Kier alpha value is -2.36. The van der Waals surface area contributed by atoms with Crippen LogP contribution in [0.5, 0.6) is 11.5 Å². The molecule has 0 atom stereocenters. The molecule has 2 N–H and O–H groups in total. The van der Waals surface area contributed by atoms with Gasteiger partial charge in [0.2, 0.25) is 0 Å². The van der Waals surface area contributed by atoms with Crippen LogP contribution in [-0.2, 0) is 0 Å². The number of fused-ring (bicyclic) bond motifs is 1. The predicted molar refractivity (Wildman–Crippen MR) is 67.2 cm³/mol. The minimum absolute atomic E-state index is 0.168. The van der Waals surface area contributed by atoms with E-state index in [0.29, 0.717) is 10.6 Å². The van der Waals surface area contributed by atoms with Gasteiger partial charge in [-0.05, 0) is 18.2 Å². The lowest BCUT2D eigenvalue weighted by Crippen LogP contribution is -2.52. The van der Waals surface area contributed by atoms with E-state index in [1.54, 1.807) is 0 Å². The first-order chi connectivity index (χ1) is 10.2. The van der Waals surface area contributed by atoms with Gasteiger partial charge in [0, 0.05) is 5.56 Å². The van der Waals surface area contributed by atoms with Gasteiger partial charge in [-0.3, -0.25) is 4.79 Å².